The van der Waals surface area contributed by atoms with Crippen molar-refractivity contribution in [1.29, 1.82) is 0 Å². The quantitative estimate of drug-likeness (QED) is 0.662. The fourth-order valence-corrected chi connectivity index (χ4v) is 4.00. The molecule has 1 nitrogen and oxygen atoms in total. The van der Waals surface area contributed by atoms with Crippen molar-refractivity contribution in [3.05, 3.63) is 53.2 Å². The van der Waals surface area contributed by atoms with Crippen molar-refractivity contribution < 1.29 is 0 Å². The van der Waals surface area contributed by atoms with Gasteiger partial charge in [0.15, 0.2) is 0 Å². The second kappa shape index (κ2) is 4.44. The van der Waals surface area contributed by atoms with Gasteiger partial charge in [-0.25, -0.2) is 0 Å². The van der Waals surface area contributed by atoms with E-state index < -0.39 is 0 Å². The Labute approximate surface area is 134 Å². The third kappa shape index (κ3) is 1.74. The van der Waals surface area contributed by atoms with Gasteiger partial charge in [-0.3, -0.25) is 4.98 Å². The molecule has 1 heterocycles. The molecule has 0 fully saturated rings. The maximum absolute atomic E-state index is 4.59. The normalized spacial score (nSPS) is 20.7. The average Bonchev–Trinajstić information content (AvgIpc) is 2.56. The first-order valence-electron chi connectivity index (χ1n) is 8.18. The third-order valence-electron chi connectivity index (χ3n) is 6.77. The lowest BCUT2D eigenvalue weighted by Gasteiger charge is -2.44. The first kappa shape index (κ1) is 15.3. The minimum absolute atomic E-state index is 0.143. The van der Waals surface area contributed by atoms with Crippen LogP contribution < -0.4 is 0 Å². The smallest absolute Gasteiger partial charge is 0.0731 e. The molecule has 0 saturated carbocycles. The number of fused-ring (bicyclic) bond motifs is 1. The molecule has 0 saturated heterocycles. The van der Waals surface area contributed by atoms with E-state index in [2.05, 4.69) is 77.7 Å². The molecule has 0 unspecified atom stereocenters. The minimum Gasteiger partial charge on any atom is -0.256 e. The maximum atomic E-state index is 4.59. The molecule has 0 bridgehead atoms. The number of benzene rings is 1. The summed E-state index contributed by atoms with van der Waals surface area (Å²) in [6.45, 7) is 16.5. The van der Waals surface area contributed by atoms with Crippen molar-refractivity contribution >= 4 is 0 Å². The predicted molar refractivity (Wildman–Crippen MR) is 94.2 cm³/mol. The predicted octanol–water partition coefficient (Wildman–Crippen LogP) is 5.65. The van der Waals surface area contributed by atoms with Crippen molar-refractivity contribution in [2.45, 2.75) is 59.3 Å². The minimum atomic E-state index is 0.143. The summed E-state index contributed by atoms with van der Waals surface area (Å²) in [5, 5.41) is 0. The Morgan fingerprint density at radius 1 is 0.818 bits per heavy atom. The second-order valence-electron chi connectivity index (χ2n) is 8.30. The van der Waals surface area contributed by atoms with E-state index in [-0.39, 0.29) is 16.2 Å². The maximum Gasteiger partial charge on any atom is 0.0731 e. The molecule has 2 aromatic rings. The zero-order valence-electron chi connectivity index (χ0n) is 14.9. The number of hydrogen-bond donors (Lipinski definition) is 0. The lowest BCUT2D eigenvalue weighted by molar-refractivity contribution is 0.125. The fraction of sp³-hybridized carbons (Fsp3) is 0.476. The van der Waals surface area contributed by atoms with Crippen LogP contribution in [0.4, 0.5) is 0 Å². The van der Waals surface area contributed by atoms with Crippen molar-refractivity contribution in [2.75, 3.05) is 0 Å². The number of nitrogens with zero attached hydrogens (tertiary/aromatic N) is 1. The summed E-state index contributed by atoms with van der Waals surface area (Å²) < 4.78 is 0. The summed E-state index contributed by atoms with van der Waals surface area (Å²) in [6.07, 6.45) is 1.88. The van der Waals surface area contributed by atoms with E-state index in [0.717, 1.165) is 5.69 Å². The second-order valence-corrected chi connectivity index (χ2v) is 8.30. The van der Waals surface area contributed by atoms with E-state index in [1.165, 1.54) is 22.3 Å². The summed E-state index contributed by atoms with van der Waals surface area (Å²) in [4.78, 5) is 4.59. The van der Waals surface area contributed by atoms with Crippen LogP contribution in [0.5, 0.6) is 0 Å². The molecule has 1 aliphatic carbocycles. The van der Waals surface area contributed by atoms with Gasteiger partial charge in [0.2, 0.25) is 0 Å². The van der Waals surface area contributed by atoms with Crippen LogP contribution in [0.1, 0.15) is 58.2 Å². The van der Waals surface area contributed by atoms with Gasteiger partial charge in [0, 0.05) is 11.8 Å². The molecule has 1 aromatic carbocycles. The van der Waals surface area contributed by atoms with E-state index in [0.29, 0.717) is 0 Å². The monoisotopic (exact) mass is 293 g/mol. The molecule has 116 valence electrons. The van der Waals surface area contributed by atoms with Crippen LogP contribution in [-0.2, 0) is 10.8 Å². The van der Waals surface area contributed by atoms with Crippen molar-refractivity contribution in [1.82, 2.24) is 4.98 Å². The number of aromatic nitrogens is 1. The summed E-state index contributed by atoms with van der Waals surface area (Å²) >= 11 is 0. The van der Waals surface area contributed by atoms with Gasteiger partial charge in [0.05, 0.1) is 5.69 Å². The molecule has 0 N–H and O–H groups in total. The van der Waals surface area contributed by atoms with Crippen LogP contribution in [0.25, 0.3) is 11.3 Å². The zero-order chi connectivity index (χ0) is 16.3. The third-order valence-corrected chi connectivity index (χ3v) is 6.77. The molecule has 1 aromatic heterocycles. The Kier molecular flexibility index (Phi) is 3.08. The zero-order valence-corrected chi connectivity index (χ0v) is 14.9. The largest absolute Gasteiger partial charge is 0.256 e. The van der Waals surface area contributed by atoms with Gasteiger partial charge in [-0.2, -0.15) is 0 Å². The van der Waals surface area contributed by atoms with Crippen LogP contribution in [0.2, 0.25) is 0 Å². The lowest BCUT2D eigenvalue weighted by atomic mass is 9.59. The number of aryl methyl sites for hydroxylation is 1. The summed E-state index contributed by atoms with van der Waals surface area (Å²) in [7, 11) is 0. The Morgan fingerprint density at radius 3 is 2.09 bits per heavy atom. The highest BCUT2D eigenvalue weighted by Gasteiger charge is 2.56. The van der Waals surface area contributed by atoms with E-state index in [4.69, 9.17) is 0 Å². The molecule has 0 aliphatic heterocycles. The molecule has 1 heteroatoms. The van der Waals surface area contributed by atoms with Crippen molar-refractivity contribution in [3.8, 4) is 11.3 Å². The van der Waals surface area contributed by atoms with E-state index in [1.807, 2.05) is 12.3 Å². The lowest BCUT2D eigenvalue weighted by Crippen LogP contribution is -2.42. The van der Waals surface area contributed by atoms with E-state index in [9.17, 15) is 0 Å². The van der Waals surface area contributed by atoms with Gasteiger partial charge in [-0.15, -0.1) is 0 Å². The summed E-state index contributed by atoms with van der Waals surface area (Å²) in [5.41, 5.74) is 7.05. The van der Waals surface area contributed by atoms with Gasteiger partial charge < -0.3 is 0 Å². The Morgan fingerprint density at radius 2 is 1.45 bits per heavy atom. The molecular formula is C21H27N. The van der Waals surface area contributed by atoms with E-state index >= 15 is 0 Å². The van der Waals surface area contributed by atoms with Crippen LogP contribution in [0.15, 0.2) is 36.5 Å². The highest BCUT2D eigenvalue weighted by molar-refractivity contribution is 5.66. The highest BCUT2D eigenvalue weighted by Crippen LogP contribution is 2.61. The van der Waals surface area contributed by atoms with Gasteiger partial charge in [0.1, 0.15) is 0 Å². The van der Waals surface area contributed by atoms with Gasteiger partial charge in [-0.05, 0) is 52.0 Å². The number of rotatable bonds is 1. The summed E-state index contributed by atoms with van der Waals surface area (Å²) in [5.74, 6) is 0. The highest BCUT2D eigenvalue weighted by atomic mass is 14.7. The molecular weight excluding hydrogens is 266 g/mol. The molecule has 0 amide bonds. The topological polar surface area (TPSA) is 12.9 Å². The Hall–Kier alpha value is -1.63. The fourth-order valence-electron chi connectivity index (χ4n) is 4.00. The van der Waals surface area contributed by atoms with Crippen LogP contribution >= 0.6 is 0 Å². The summed E-state index contributed by atoms with van der Waals surface area (Å²) in [6, 6.07) is 11.1. The van der Waals surface area contributed by atoms with Crippen molar-refractivity contribution in [2.24, 2.45) is 5.41 Å². The molecule has 1 aliphatic rings. The van der Waals surface area contributed by atoms with Crippen LogP contribution in [-0.4, -0.2) is 4.98 Å². The Bertz CT molecular complexity index is 735. The standard InChI is InChI=1S/C21H27N/c1-14-9-8-12-22-18(14)15-10-11-16-17(13-15)20(4,5)21(6,7)19(16,2)3/h8-13H,1-7H3. The first-order chi connectivity index (χ1) is 10.1. The van der Waals surface area contributed by atoms with Gasteiger partial charge in [-0.1, -0.05) is 59.7 Å². The number of pyridine rings is 1. The molecule has 3 rings (SSSR count). The van der Waals surface area contributed by atoms with Gasteiger partial charge in [0.25, 0.3) is 0 Å². The molecule has 0 spiro atoms. The molecule has 0 atom stereocenters. The van der Waals surface area contributed by atoms with Gasteiger partial charge >= 0.3 is 0 Å². The SMILES string of the molecule is Cc1cccnc1-c1ccc2c(c1)C(C)(C)C(C)(C)C2(C)C. The van der Waals surface area contributed by atoms with Crippen LogP contribution in [0.3, 0.4) is 0 Å². The number of hydrogen-bond acceptors (Lipinski definition) is 1. The van der Waals surface area contributed by atoms with Crippen LogP contribution in [0, 0.1) is 12.3 Å². The molecule has 0 radical (unpaired) electrons. The Balaban J connectivity index is 2.24. The van der Waals surface area contributed by atoms with E-state index in [1.54, 1.807) is 0 Å². The van der Waals surface area contributed by atoms with Crippen molar-refractivity contribution in [3.63, 3.8) is 0 Å². The molecule has 22 heavy (non-hydrogen) atoms. The first-order valence-corrected chi connectivity index (χ1v) is 8.18. The average molecular weight is 293 g/mol.